The van der Waals surface area contributed by atoms with Crippen LogP contribution in [0.15, 0.2) is 30.3 Å². The van der Waals surface area contributed by atoms with Crippen molar-refractivity contribution < 1.29 is 14.3 Å². The van der Waals surface area contributed by atoms with Gasteiger partial charge in [-0.2, -0.15) is 0 Å². The molecule has 1 aliphatic heterocycles. The highest BCUT2D eigenvalue weighted by atomic mass is 16.8. The molecule has 1 aromatic carbocycles. The van der Waals surface area contributed by atoms with E-state index in [1.54, 1.807) is 0 Å². The smallest absolute Gasteiger partial charge is 0.197 e. The first-order chi connectivity index (χ1) is 9.20. The van der Waals surface area contributed by atoms with Gasteiger partial charge in [-0.25, -0.2) is 0 Å². The Morgan fingerprint density at radius 2 is 1.89 bits per heavy atom. The Hall–Kier alpha value is -1.19. The first-order valence-electron chi connectivity index (χ1n) is 7.14. The molecule has 102 valence electrons. The number of carbonyl (C=O) groups excluding carboxylic acids is 1. The molecule has 1 atom stereocenters. The van der Waals surface area contributed by atoms with Gasteiger partial charge in [0, 0.05) is 18.4 Å². The molecule has 0 bridgehead atoms. The zero-order chi connectivity index (χ0) is 13.3. The third-order valence-corrected chi connectivity index (χ3v) is 4.34. The lowest BCUT2D eigenvalue weighted by molar-refractivity contribution is -0.173. The van der Waals surface area contributed by atoms with E-state index in [4.69, 9.17) is 9.47 Å². The number of hydrogen-bond donors (Lipinski definition) is 0. The fourth-order valence-electron chi connectivity index (χ4n) is 3.12. The molecule has 3 rings (SSSR count). The lowest BCUT2D eigenvalue weighted by Gasteiger charge is -2.28. The van der Waals surface area contributed by atoms with Crippen molar-refractivity contribution >= 4 is 5.78 Å². The average Bonchev–Trinajstić information content (AvgIpc) is 3.08. The maximum Gasteiger partial charge on any atom is 0.197 e. The lowest BCUT2D eigenvalue weighted by atomic mass is 9.91. The van der Waals surface area contributed by atoms with E-state index in [9.17, 15) is 4.79 Å². The van der Waals surface area contributed by atoms with Crippen LogP contribution in [0.2, 0.25) is 0 Å². The van der Waals surface area contributed by atoms with Crippen LogP contribution in [0, 0.1) is 0 Å². The van der Waals surface area contributed by atoms with Gasteiger partial charge < -0.3 is 9.47 Å². The molecule has 0 amide bonds. The number of Topliss-reactive ketones (excluding diaryl/α,β-unsaturated/α-hetero) is 1. The third-order valence-electron chi connectivity index (χ3n) is 4.34. The Balaban J connectivity index is 1.87. The van der Waals surface area contributed by atoms with Gasteiger partial charge in [0.25, 0.3) is 0 Å². The molecule has 1 spiro atoms. The van der Waals surface area contributed by atoms with Crippen molar-refractivity contribution in [3.05, 3.63) is 35.9 Å². The van der Waals surface area contributed by atoms with Crippen molar-refractivity contribution in [1.29, 1.82) is 0 Å². The SMILES string of the molecule is CCC1(C(=O)c2ccccc2)COC2(CCCC2)O1. The maximum atomic E-state index is 12.7. The topological polar surface area (TPSA) is 35.5 Å². The van der Waals surface area contributed by atoms with E-state index in [1.807, 2.05) is 37.3 Å². The number of ketones is 1. The molecule has 1 unspecified atom stereocenters. The maximum absolute atomic E-state index is 12.7. The molecule has 1 heterocycles. The van der Waals surface area contributed by atoms with Crippen LogP contribution >= 0.6 is 0 Å². The monoisotopic (exact) mass is 260 g/mol. The number of benzene rings is 1. The summed E-state index contributed by atoms with van der Waals surface area (Å²) < 4.78 is 12.1. The van der Waals surface area contributed by atoms with Crippen LogP contribution in [0.5, 0.6) is 0 Å². The van der Waals surface area contributed by atoms with Gasteiger partial charge in [-0.05, 0) is 19.3 Å². The fourth-order valence-corrected chi connectivity index (χ4v) is 3.12. The summed E-state index contributed by atoms with van der Waals surface area (Å²) in [5, 5.41) is 0. The van der Waals surface area contributed by atoms with E-state index in [0.717, 1.165) is 25.7 Å². The molecular formula is C16H20O3. The zero-order valence-corrected chi connectivity index (χ0v) is 11.4. The first-order valence-corrected chi connectivity index (χ1v) is 7.14. The van der Waals surface area contributed by atoms with E-state index in [-0.39, 0.29) is 5.78 Å². The van der Waals surface area contributed by atoms with Crippen LogP contribution < -0.4 is 0 Å². The van der Waals surface area contributed by atoms with Crippen LogP contribution in [-0.4, -0.2) is 23.8 Å². The Labute approximate surface area is 113 Å². The Bertz CT molecular complexity index is 462. The summed E-state index contributed by atoms with van der Waals surface area (Å²) in [6, 6.07) is 9.39. The second kappa shape index (κ2) is 4.73. The molecule has 3 nitrogen and oxygen atoms in total. The average molecular weight is 260 g/mol. The molecule has 19 heavy (non-hydrogen) atoms. The van der Waals surface area contributed by atoms with E-state index < -0.39 is 11.4 Å². The highest BCUT2D eigenvalue weighted by molar-refractivity contribution is 6.02. The normalized spacial score (nSPS) is 28.9. The van der Waals surface area contributed by atoms with Crippen molar-refractivity contribution in [1.82, 2.24) is 0 Å². The van der Waals surface area contributed by atoms with E-state index in [2.05, 4.69) is 0 Å². The second-order valence-electron chi connectivity index (χ2n) is 5.55. The summed E-state index contributed by atoms with van der Waals surface area (Å²) in [6.07, 6.45) is 4.73. The minimum atomic E-state index is -0.786. The van der Waals surface area contributed by atoms with Crippen molar-refractivity contribution in [2.24, 2.45) is 0 Å². The van der Waals surface area contributed by atoms with Gasteiger partial charge >= 0.3 is 0 Å². The quantitative estimate of drug-likeness (QED) is 0.782. The number of hydrogen-bond acceptors (Lipinski definition) is 3. The van der Waals surface area contributed by atoms with Crippen molar-refractivity contribution in [3.63, 3.8) is 0 Å². The van der Waals surface area contributed by atoms with Crippen LogP contribution in [-0.2, 0) is 9.47 Å². The molecule has 1 aliphatic carbocycles. The first kappa shape index (κ1) is 12.8. The molecule has 0 N–H and O–H groups in total. The zero-order valence-electron chi connectivity index (χ0n) is 11.4. The minimum Gasteiger partial charge on any atom is -0.346 e. The molecule has 1 saturated carbocycles. The molecule has 0 radical (unpaired) electrons. The summed E-state index contributed by atoms with van der Waals surface area (Å²) in [5.74, 6) is -0.431. The van der Waals surface area contributed by atoms with Gasteiger partial charge in [0.05, 0.1) is 6.61 Å². The molecule has 0 aromatic heterocycles. The van der Waals surface area contributed by atoms with Crippen LogP contribution in [0.25, 0.3) is 0 Å². The van der Waals surface area contributed by atoms with Gasteiger partial charge in [-0.15, -0.1) is 0 Å². The van der Waals surface area contributed by atoms with Gasteiger partial charge in [0.2, 0.25) is 0 Å². The summed E-state index contributed by atoms with van der Waals surface area (Å²) in [7, 11) is 0. The van der Waals surface area contributed by atoms with Crippen LogP contribution in [0.1, 0.15) is 49.4 Å². The number of ether oxygens (including phenoxy) is 2. The predicted octanol–water partition coefficient (Wildman–Crippen LogP) is 3.34. The fraction of sp³-hybridized carbons (Fsp3) is 0.562. The second-order valence-corrected chi connectivity index (χ2v) is 5.55. The summed E-state index contributed by atoms with van der Waals surface area (Å²) in [4.78, 5) is 12.7. The van der Waals surface area contributed by atoms with Gasteiger partial charge in [-0.1, -0.05) is 37.3 Å². The molecule has 2 fully saturated rings. The largest absolute Gasteiger partial charge is 0.346 e. The highest BCUT2D eigenvalue weighted by Crippen LogP contribution is 2.45. The number of rotatable bonds is 3. The summed E-state index contributed by atoms with van der Waals surface area (Å²) in [5.41, 5.74) is -0.0749. The Morgan fingerprint density at radius 3 is 2.53 bits per heavy atom. The van der Waals surface area contributed by atoms with Crippen LogP contribution in [0.3, 0.4) is 0 Å². The van der Waals surface area contributed by atoms with E-state index in [1.165, 1.54) is 0 Å². The highest BCUT2D eigenvalue weighted by Gasteiger charge is 2.54. The summed E-state index contributed by atoms with van der Waals surface area (Å²) >= 11 is 0. The van der Waals surface area contributed by atoms with Gasteiger partial charge in [0.1, 0.15) is 0 Å². The molecule has 1 aromatic rings. The van der Waals surface area contributed by atoms with Crippen molar-refractivity contribution in [2.45, 2.75) is 50.4 Å². The van der Waals surface area contributed by atoms with Gasteiger partial charge in [-0.3, -0.25) is 4.79 Å². The van der Waals surface area contributed by atoms with E-state index >= 15 is 0 Å². The van der Waals surface area contributed by atoms with Gasteiger partial charge in [0.15, 0.2) is 17.2 Å². The Morgan fingerprint density at radius 1 is 1.21 bits per heavy atom. The molecule has 2 aliphatic rings. The Kier molecular flexibility index (Phi) is 3.19. The minimum absolute atomic E-state index is 0.0550. The molecule has 3 heteroatoms. The summed E-state index contributed by atoms with van der Waals surface area (Å²) in [6.45, 7) is 2.38. The van der Waals surface area contributed by atoms with Crippen LogP contribution in [0.4, 0.5) is 0 Å². The van der Waals surface area contributed by atoms with Crippen molar-refractivity contribution in [3.8, 4) is 0 Å². The molecule has 1 saturated heterocycles. The number of carbonyl (C=O) groups is 1. The van der Waals surface area contributed by atoms with E-state index in [0.29, 0.717) is 18.6 Å². The third kappa shape index (κ3) is 2.11. The van der Waals surface area contributed by atoms with Crippen molar-refractivity contribution in [2.75, 3.05) is 6.61 Å². The molecular weight excluding hydrogens is 240 g/mol. The lowest BCUT2D eigenvalue weighted by Crippen LogP contribution is -2.42. The standard InChI is InChI=1S/C16H20O3/c1-2-15(14(17)13-8-4-3-5-9-13)12-18-16(19-15)10-6-7-11-16/h3-5,8-9H,2,6-7,10-12H2,1H3. The predicted molar refractivity (Wildman–Crippen MR) is 72.0 cm³/mol.